The standard InChI is InChI=1S/C21H37N3O3.HI/c1-6-22-20(23-13-9-10-14-26-16-15-25-5)24-17-18-11-7-8-12-19(18)27-21(2,3)4;/h7-8,11-12H,6,9-10,13-17H2,1-5H3,(H2,22,23,24);1H. The number of methoxy groups -OCH3 is 1. The van der Waals surface area contributed by atoms with E-state index in [1.54, 1.807) is 7.11 Å². The number of unbranched alkanes of at least 4 members (excludes halogenated alkanes) is 1. The molecule has 6 nitrogen and oxygen atoms in total. The molecule has 0 aliphatic heterocycles. The molecule has 1 rings (SSSR count). The average molecular weight is 507 g/mol. The summed E-state index contributed by atoms with van der Waals surface area (Å²) < 4.78 is 16.5. The van der Waals surface area contributed by atoms with Crippen LogP contribution in [0.3, 0.4) is 0 Å². The van der Waals surface area contributed by atoms with Gasteiger partial charge in [-0.25, -0.2) is 4.99 Å². The number of halogens is 1. The minimum absolute atomic E-state index is 0. The summed E-state index contributed by atoms with van der Waals surface area (Å²) in [6.45, 7) is 12.5. The van der Waals surface area contributed by atoms with Crippen molar-refractivity contribution in [2.24, 2.45) is 4.99 Å². The van der Waals surface area contributed by atoms with Crippen molar-refractivity contribution in [2.45, 2.75) is 52.7 Å². The third-order valence-electron chi connectivity index (χ3n) is 3.58. The van der Waals surface area contributed by atoms with Gasteiger partial charge in [0.2, 0.25) is 0 Å². The normalized spacial score (nSPS) is 11.7. The molecular formula is C21H38IN3O3. The van der Waals surface area contributed by atoms with Crippen molar-refractivity contribution in [1.82, 2.24) is 10.6 Å². The predicted molar refractivity (Wildman–Crippen MR) is 127 cm³/mol. The van der Waals surface area contributed by atoms with Crippen molar-refractivity contribution in [3.8, 4) is 5.75 Å². The van der Waals surface area contributed by atoms with Crippen LogP contribution < -0.4 is 15.4 Å². The molecule has 0 aliphatic carbocycles. The number of benzene rings is 1. The second-order valence-corrected chi connectivity index (χ2v) is 7.26. The van der Waals surface area contributed by atoms with Crippen molar-refractivity contribution in [2.75, 3.05) is 40.0 Å². The fraction of sp³-hybridized carbons (Fsp3) is 0.667. The van der Waals surface area contributed by atoms with Gasteiger partial charge in [-0.1, -0.05) is 18.2 Å². The average Bonchev–Trinajstić information content (AvgIpc) is 2.61. The van der Waals surface area contributed by atoms with E-state index in [0.717, 1.165) is 49.8 Å². The van der Waals surface area contributed by atoms with Gasteiger partial charge in [-0.05, 0) is 46.6 Å². The number of nitrogens with zero attached hydrogens (tertiary/aromatic N) is 1. The highest BCUT2D eigenvalue weighted by Crippen LogP contribution is 2.23. The van der Waals surface area contributed by atoms with Crippen LogP contribution in [0, 0.1) is 0 Å². The number of guanidine groups is 1. The van der Waals surface area contributed by atoms with Gasteiger partial charge in [-0.3, -0.25) is 0 Å². The Hall–Kier alpha value is -1.06. The topological polar surface area (TPSA) is 64.1 Å². The molecule has 1 aromatic rings. The summed E-state index contributed by atoms with van der Waals surface area (Å²) in [6.07, 6.45) is 2.04. The smallest absolute Gasteiger partial charge is 0.191 e. The van der Waals surface area contributed by atoms with Crippen molar-refractivity contribution in [1.29, 1.82) is 0 Å². The molecule has 0 saturated carbocycles. The summed E-state index contributed by atoms with van der Waals surface area (Å²) in [7, 11) is 1.68. The van der Waals surface area contributed by atoms with Gasteiger partial charge in [-0.15, -0.1) is 24.0 Å². The van der Waals surface area contributed by atoms with Crippen molar-refractivity contribution in [3.05, 3.63) is 29.8 Å². The SMILES string of the molecule is CCNC(=NCc1ccccc1OC(C)(C)C)NCCCCOCCOC.I. The molecule has 28 heavy (non-hydrogen) atoms. The largest absolute Gasteiger partial charge is 0.488 e. The van der Waals surface area contributed by atoms with E-state index in [9.17, 15) is 0 Å². The Kier molecular flexibility index (Phi) is 15.2. The van der Waals surface area contributed by atoms with Crippen LogP contribution >= 0.6 is 24.0 Å². The Labute approximate surface area is 187 Å². The molecule has 0 spiro atoms. The zero-order valence-corrected chi connectivity index (χ0v) is 20.4. The zero-order chi connectivity index (χ0) is 20.0. The lowest BCUT2D eigenvalue weighted by Crippen LogP contribution is -2.37. The van der Waals surface area contributed by atoms with E-state index < -0.39 is 0 Å². The maximum absolute atomic E-state index is 6.05. The minimum atomic E-state index is -0.228. The number of nitrogens with one attached hydrogen (secondary N) is 2. The van der Waals surface area contributed by atoms with Crippen LogP contribution in [-0.4, -0.2) is 51.6 Å². The van der Waals surface area contributed by atoms with Gasteiger partial charge >= 0.3 is 0 Å². The number of rotatable bonds is 12. The summed E-state index contributed by atoms with van der Waals surface area (Å²) in [6, 6.07) is 8.07. The number of hydrogen-bond donors (Lipinski definition) is 2. The second kappa shape index (κ2) is 15.8. The maximum Gasteiger partial charge on any atom is 0.191 e. The molecule has 1 aromatic carbocycles. The van der Waals surface area contributed by atoms with Gasteiger partial charge < -0.3 is 24.8 Å². The third kappa shape index (κ3) is 13.2. The van der Waals surface area contributed by atoms with Crippen molar-refractivity contribution >= 4 is 29.9 Å². The summed E-state index contributed by atoms with van der Waals surface area (Å²) in [5.74, 6) is 1.71. The maximum atomic E-state index is 6.05. The Bertz CT molecular complexity index is 548. The minimum Gasteiger partial charge on any atom is -0.488 e. The Balaban J connectivity index is 0.00000729. The molecule has 0 atom stereocenters. The van der Waals surface area contributed by atoms with Crippen LogP contribution in [0.1, 0.15) is 46.1 Å². The molecule has 0 aromatic heterocycles. The highest BCUT2D eigenvalue weighted by molar-refractivity contribution is 14.0. The van der Waals surface area contributed by atoms with Crippen LogP contribution in [0.25, 0.3) is 0 Å². The first-order valence-corrected chi connectivity index (χ1v) is 9.82. The number of hydrogen-bond acceptors (Lipinski definition) is 4. The second-order valence-electron chi connectivity index (χ2n) is 7.26. The van der Waals surface area contributed by atoms with E-state index in [0.29, 0.717) is 19.8 Å². The molecular weight excluding hydrogens is 469 g/mol. The fourth-order valence-corrected chi connectivity index (χ4v) is 2.35. The van der Waals surface area contributed by atoms with Gasteiger partial charge in [0.1, 0.15) is 11.4 Å². The zero-order valence-electron chi connectivity index (χ0n) is 18.0. The van der Waals surface area contributed by atoms with Crippen molar-refractivity contribution < 1.29 is 14.2 Å². The molecule has 2 N–H and O–H groups in total. The molecule has 7 heteroatoms. The Morgan fingerprint density at radius 3 is 2.46 bits per heavy atom. The van der Waals surface area contributed by atoms with Gasteiger partial charge in [0.05, 0.1) is 19.8 Å². The van der Waals surface area contributed by atoms with Crippen LogP contribution in [0.2, 0.25) is 0 Å². The van der Waals surface area contributed by atoms with Crippen LogP contribution in [-0.2, 0) is 16.0 Å². The monoisotopic (exact) mass is 507 g/mol. The van der Waals surface area contributed by atoms with E-state index >= 15 is 0 Å². The van der Waals surface area contributed by atoms with Crippen LogP contribution in [0.4, 0.5) is 0 Å². The van der Waals surface area contributed by atoms with Crippen LogP contribution in [0.5, 0.6) is 5.75 Å². The first-order chi connectivity index (χ1) is 13.0. The van der Waals surface area contributed by atoms with E-state index in [2.05, 4.69) is 44.4 Å². The van der Waals surface area contributed by atoms with Gasteiger partial charge in [0.25, 0.3) is 0 Å². The van der Waals surface area contributed by atoms with Gasteiger partial charge in [0, 0.05) is 32.4 Å². The third-order valence-corrected chi connectivity index (χ3v) is 3.58. The molecule has 0 saturated heterocycles. The summed E-state index contributed by atoms with van der Waals surface area (Å²) in [5.41, 5.74) is 0.852. The number of ether oxygens (including phenoxy) is 3. The van der Waals surface area contributed by atoms with Gasteiger partial charge in [0.15, 0.2) is 5.96 Å². The quantitative estimate of drug-likeness (QED) is 0.194. The molecule has 0 aliphatic rings. The van der Waals surface area contributed by atoms with E-state index in [4.69, 9.17) is 19.2 Å². The molecule has 0 unspecified atom stereocenters. The Morgan fingerprint density at radius 1 is 1.04 bits per heavy atom. The van der Waals surface area contributed by atoms with E-state index in [1.807, 2.05) is 18.2 Å². The molecule has 0 fully saturated rings. The lowest BCUT2D eigenvalue weighted by molar-refractivity contribution is 0.0689. The van der Waals surface area contributed by atoms with E-state index in [1.165, 1.54) is 0 Å². The number of aliphatic imine (C=N–C) groups is 1. The molecule has 0 bridgehead atoms. The summed E-state index contributed by atoms with van der Waals surface area (Å²) in [5, 5.41) is 6.67. The highest BCUT2D eigenvalue weighted by Gasteiger charge is 2.14. The van der Waals surface area contributed by atoms with E-state index in [-0.39, 0.29) is 29.6 Å². The highest BCUT2D eigenvalue weighted by atomic mass is 127. The summed E-state index contributed by atoms with van der Waals surface area (Å²) in [4.78, 5) is 4.70. The Morgan fingerprint density at radius 2 is 1.79 bits per heavy atom. The lowest BCUT2D eigenvalue weighted by atomic mass is 10.1. The molecule has 162 valence electrons. The summed E-state index contributed by atoms with van der Waals surface area (Å²) >= 11 is 0. The lowest BCUT2D eigenvalue weighted by Gasteiger charge is -2.23. The fourth-order valence-electron chi connectivity index (χ4n) is 2.35. The first kappa shape index (κ1) is 26.9. The van der Waals surface area contributed by atoms with Crippen molar-refractivity contribution in [3.63, 3.8) is 0 Å². The molecule has 0 radical (unpaired) electrons. The van der Waals surface area contributed by atoms with Crippen LogP contribution in [0.15, 0.2) is 29.3 Å². The first-order valence-electron chi connectivity index (χ1n) is 9.82. The van der Waals surface area contributed by atoms with Gasteiger partial charge in [-0.2, -0.15) is 0 Å². The number of para-hydroxylation sites is 1. The molecule has 0 amide bonds. The predicted octanol–water partition coefficient (Wildman–Crippen LogP) is 3.98. The molecule has 0 heterocycles.